The number of hydroxylamine groups is 2. The molecule has 2 aliphatic rings. The molecule has 1 N–H and O–H groups in total. The zero-order valence-corrected chi connectivity index (χ0v) is 13.1. The fourth-order valence-electron chi connectivity index (χ4n) is 2.72. The first kappa shape index (κ1) is 14.5. The molecule has 0 aliphatic carbocycles. The van der Waals surface area contributed by atoms with Crippen molar-refractivity contribution in [2.45, 2.75) is 51.3 Å². The summed E-state index contributed by atoms with van der Waals surface area (Å²) in [7, 11) is 1.39. The highest BCUT2D eigenvalue weighted by Crippen LogP contribution is 2.60. The van der Waals surface area contributed by atoms with Crippen molar-refractivity contribution >= 4 is 28.4 Å². The van der Waals surface area contributed by atoms with E-state index < -0.39 is 0 Å². The Balaban J connectivity index is 1.81. The molecule has 104 valence electrons. The number of thiol groups is 1. The lowest BCUT2D eigenvalue weighted by Crippen LogP contribution is -2.52. The van der Waals surface area contributed by atoms with E-state index in [4.69, 9.17) is 4.84 Å². The molecule has 4 atom stereocenters. The molecule has 2 fully saturated rings. The molecule has 6 heteroatoms. The average molecular weight is 290 g/mol. The van der Waals surface area contributed by atoms with Crippen molar-refractivity contribution in [2.24, 2.45) is 5.92 Å². The van der Waals surface area contributed by atoms with Crippen LogP contribution in [0.2, 0.25) is 0 Å². The number of carbonyl (C=O) groups is 1. The number of hydrogen-bond donors (Lipinski definition) is 2. The quantitative estimate of drug-likeness (QED) is 0.445. The van der Waals surface area contributed by atoms with Crippen molar-refractivity contribution < 1.29 is 9.63 Å². The molecule has 18 heavy (non-hydrogen) atoms. The molecule has 0 aromatic carbocycles. The van der Waals surface area contributed by atoms with E-state index in [9.17, 15) is 4.79 Å². The van der Waals surface area contributed by atoms with Gasteiger partial charge in [0.05, 0.1) is 11.6 Å². The molecule has 2 saturated heterocycles. The van der Waals surface area contributed by atoms with Crippen molar-refractivity contribution in [3.8, 4) is 0 Å². The Hall–Kier alpha value is 0.0900. The Kier molecular flexibility index (Phi) is 3.94. The predicted molar refractivity (Wildman–Crippen MR) is 77.4 cm³/mol. The molecule has 0 saturated carbocycles. The number of rotatable bonds is 6. The second-order valence-electron chi connectivity index (χ2n) is 5.88. The fourth-order valence-corrected chi connectivity index (χ4v) is 3.27. The number of nitrogens with one attached hydrogen (secondary N) is 1. The van der Waals surface area contributed by atoms with Gasteiger partial charge in [0.25, 0.3) is 0 Å². The molecule has 0 aromatic rings. The zero-order valence-electron chi connectivity index (χ0n) is 11.4. The smallest absolute Gasteiger partial charge is 0.220 e. The minimum absolute atomic E-state index is 0.0250. The van der Waals surface area contributed by atoms with Gasteiger partial charge < -0.3 is 5.32 Å². The van der Waals surface area contributed by atoms with Crippen LogP contribution in [0.15, 0.2) is 0 Å². The monoisotopic (exact) mass is 290 g/mol. The van der Waals surface area contributed by atoms with Crippen LogP contribution in [0.3, 0.4) is 0 Å². The van der Waals surface area contributed by atoms with Gasteiger partial charge in [-0.3, -0.25) is 9.63 Å². The van der Waals surface area contributed by atoms with Crippen molar-refractivity contribution in [3.05, 3.63) is 0 Å². The summed E-state index contributed by atoms with van der Waals surface area (Å²) in [4.78, 5) is 17.4. The molecular weight excluding hydrogens is 268 g/mol. The van der Waals surface area contributed by atoms with E-state index >= 15 is 0 Å². The van der Waals surface area contributed by atoms with Crippen LogP contribution in [-0.2, 0) is 9.63 Å². The number of carbonyl (C=O) groups excluding carboxylic acids is 1. The first-order valence-electron chi connectivity index (χ1n) is 6.38. The molecule has 2 aliphatic heterocycles. The zero-order chi connectivity index (χ0) is 13.6. The van der Waals surface area contributed by atoms with Crippen LogP contribution in [0, 0.1) is 5.92 Å². The maximum Gasteiger partial charge on any atom is 0.220 e. The summed E-state index contributed by atoms with van der Waals surface area (Å²) in [6.07, 6.45) is 0.525. The summed E-state index contributed by atoms with van der Waals surface area (Å²) < 4.78 is 0. The summed E-state index contributed by atoms with van der Waals surface area (Å²) >= 11 is 4.02. The molecule has 4 nitrogen and oxygen atoms in total. The van der Waals surface area contributed by atoms with E-state index in [1.165, 1.54) is 10.8 Å². The maximum absolute atomic E-state index is 11.6. The van der Waals surface area contributed by atoms with Gasteiger partial charge >= 0.3 is 0 Å². The summed E-state index contributed by atoms with van der Waals surface area (Å²) in [6.45, 7) is 9.33. The van der Waals surface area contributed by atoms with Gasteiger partial charge in [0.1, 0.15) is 5.60 Å². The average Bonchev–Trinajstić information content (AvgIpc) is 2.81. The third-order valence-electron chi connectivity index (χ3n) is 4.31. The third-order valence-corrected chi connectivity index (χ3v) is 5.24. The van der Waals surface area contributed by atoms with Gasteiger partial charge in [0, 0.05) is 18.7 Å². The van der Waals surface area contributed by atoms with Crippen LogP contribution in [0.5, 0.6) is 0 Å². The van der Waals surface area contributed by atoms with E-state index in [1.54, 1.807) is 0 Å². The highest BCUT2D eigenvalue weighted by molar-refractivity contribution is 8.68. The van der Waals surface area contributed by atoms with Crippen molar-refractivity contribution in [1.29, 1.82) is 0 Å². The fraction of sp³-hybridized carbons (Fsp3) is 0.917. The Bertz CT molecular complexity index is 353. The third kappa shape index (κ3) is 2.17. The Labute approximate surface area is 118 Å². The number of amides is 1. The minimum Gasteiger partial charge on any atom is -0.354 e. The van der Waals surface area contributed by atoms with E-state index in [0.29, 0.717) is 24.9 Å². The highest BCUT2D eigenvalue weighted by atomic mass is 33.1. The molecule has 0 aromatic heterocycles. The largest absolute Gasteiger partial charge is 0.354 e. The Morgan fingerprint density at radius 3 is 2.72 bits per heavy atom. The molecule has 0 bridgehead atoms. The van der Waals surface area contributed by atoms with Crippen molar-refractivity contribution in [1.82, 2.24) is 10.4 Å². The Morgan fingerprint density at radius 1 is 1.56 bits per heavy atom. The van der Waals surface area contributed by atoms with Gasteiger partial charge in [-0.2, -0.15) is 5.06 Å². The minimum atomic E-state index is -0.0690. The first-order chi connectivity index (χ1) is 8.36. The van der Waals surface area contributed by atoms with E-state index in [0.717, 1.165) is 5.75 Å². The van der Waals surface area contributed by atoms with Crippen LogP contribution in [-0.4, -0.2) is 40.4 Å². The van der Waals surface area contributed by atoms with Crippen LogP contribution in [0.1, 0.15) is 34.1 Å². The van der Waals surface area contributed by atoms with E-state index in [1.807, 2.05) is 5.06 Å². The first-order valence-corrected chi connectivity index (χ1v) is 8.41. The van der Waals surface area contributed by atoms with Gasteiger partial charge in [0.15, 0.2) is 0 Å². The van der Waals surface area contributed by atoms with Crippen molar-refractivity contribution in [3.63, 3.8) is 0 Å². The molecule has 0 spiro atoms. The maximum atomic E-state index is 11.6. The second kappa shape index (κ2) is 4.89. The van der Waals surface area contributed by atoms with Gasteiger partial charge in [0.2, 0.25) is 5.91 Å². The van der Waals surface area contributed by atoms with E-state index in [-0.39, 0.29) is 17.0 Å². The predicted octanol–water partition coefficient (Wildman–Crippen LogP) is 1.87. The van der Waals surface area contributed by atoms with Gasteiger partial charge in [-0.1, -0.05) is 24.6 Å². The molecule has 1 amide bonds. The van der Waals surface area contributed by atoms with Crippen LogP contribution in [0.25, 0.3) is 0 Å². The molecule has 2 heterocycles. The summed E-state index contributed by atoms with van der Waals surface area (Å²) in [6, 6.07) is 0.435. The molecular formula is C12H22N2O2S2. The standard InChI is InChI=1S/C12H22N2O2S2/c1-8(2)12(4)10-11(3,14(10)16-12)7-13-9(15)5-6-18-17/h8,10,17H,5-7H2,1-4H3,(H,13,15). The van der Waals surface area contributed by atoms with Crippen LogP contribution in [0.4, 0.5) is 0 Å². The van der Waals surface area contributed by atoms with Crippen LogP contribution < -0.4 is 5.32 Å². The summed E-state index contributed by atoms with van der Waals surface area (Å²) in [5.41, 5.74) is -0.0940. The summed E-state index contributed by atoms with van der Waals surface area (Å²) in [5.74, 6) is 1.33. The van der Waals surface area contributed by atoms with E-state index in [2.05, 4.69) is 44.7 Å². The lowest BCUT2D eigenvalue weighted by molar-refractivity contribution is -0.291. The number of nitrogens with zero attached hydrogens (tertiary/aromatic N) is 1. The lowest BCUT2D eigenvalue weighted by atomic mass is 9.83. The Morgan fingerprint density at radius 2 is 2.22 bits per heavy atom. The number of hydrogen-bond acceptors (Lipinski definition) is 5. The second-order valence-corrected chi connectivity index (χ2v) is 7.32. The number of fused-ring (bicyclic) bond motifs is 1. The molecule has 0 radical (unpaired) electrons. The van der Waals surface area contributed by atoms with Gasteiger partial charge in [-0.25, -0.2) is 0 Å². The van der Waals surface area contributed by atoms with Gasteiger partial charge in [-0.05, 0) is 19.8 Å². The van der Waals surface area contributed by atoms with Crippen LogP contribution >= 0.6 is 22.5 Å². The topological polar surface area (TPSA) is 41.3 Å². The van der Waals surface area contributed by atoms with Crippen molar-refractivity contribution in [2.75, 3.05) is 12.3 Å². The lowest BCUT2D eigenvalue weighted by Gasteiger charge is -2.40. The SMILES string of the molecule is CC(C)C1(C)ON2C1C2(C)CNC(=O)CCSS. The highest BCUT2D eigenvalue weighted by Gasteiger charge is 2.78. The van der Waals surface area contributed by atoms with Gasteiger partial charge in [-0.15, -0.1) is 11.7 Å². The molecule has 2 rings (SSSR count). The summed E-state index contributed by atoms with van der Waals surface area (Å²) in [5, 5.41) is 5.00. The molecule has 4 unspecified atom stereocenters. The normalized spacial score (nSPS) is 41.2.